The van der Waals surface area contributed by atoms with Crippen LogP contribution in [0.4, 0.5) is 0 Å². The highest BCUT2D eigenvalue weighted by atomic mass is 15.3. The van der Waals surface area contributed by atoms with E-state index in [4.69, 9.17) is 0 Å². The van der Waals surface area contributed by atoms with E-state index in [0.29, 0.717) is 6.17 Å². The molecule has 1 aliphatic heterocycles. The molecule has 0 spiro atoms. The molecule has 2 nitrogen and oxygen atoms in total. The number of nitrogens with zero attached hydrogens (tertiary/aromatic N) is 1. The summed E-state index contributed by atoms with van der Waals surface area (Å²) in [6.07, 6.45) is 2.79. The number of hydrogen-bond acceptors (Lipinski definition) is 2. The Morgan fingerprint density at radius 1 is 1.11 bits per heavy atom. The highest BCUT2D eigenvalue weighted by Crippen LogP contribution is 2.33. The number of nitrogens with one attached hydrogen (secondary N) is 1. The number of benzene rings is 1. The van der Waals surface area contributed by atoms with Gasteiger partial charge in [0.05, 0.1) is 0 Å². The SMILES string of the molecule is CCCCN1C(C)=C(C)NC1c1c(C)cccc1C. The van der Waals surface area contributed by atoms with Gasteiger partial charge in [-0.1, -0.05) is 31.5 Å². The van der Waals surface area contributed by atoms with E-state index in [9.17, 15) is 0 Å². The van der Waals surface area contributed by atoms with Crippen molar-refractivity contribution < 1.29 is 0 Å². The molecule has 2 rings (SSSR count). The molecule has 1 aromatic carbocycles. The van der Waals surface area contributed by atoms with Gasteiger partial charge in [0.1, 0.15) is 6.17 Å². The van der Waals surface area contributed by atoms with Crippen LogP contribution in [-0.4, -0.2) is 11.4 Å². The van der Waals surface area contributed by atoms with Crippen LogP contribution in [0.15, 0.2) is 29.6 Å². The largest absolute Gasteiger partial charge is 0.364 e. The van der Waals surface area contributed by atoms with Crippen molar-refractivity contribution in [2.45, 2.75) is 53.6 Å². The van der Waals surface area contributed by atoms with Crippen molar-refractivity contribution in [3.63, 3.8) is 0 Å². The minimum Gasteiger partial charge on any atom is -0.364 e. The van der Waals surface area contributed by atoms with Crippen LogP contribution in [-0.2, 0) is 0 Å². The lowest BCUT2D eigenvalue weighted by molar-refractivity contribution is 0.258. The lowest BCUT2D eigenvalue weighted by Gasteiger charge is -2.30. The monoisotopic (exact) mass is 258 g/mol. The van der Waals surface area contributed by atoms with Crippen molar-refractivity contribution in [2.75, 3.05) is 6.54 Å². The molecule has 1 aliphatic rings. The first-order valence-electron chi connectivity index (χ1n) is 7.33. The molecular formula is C17H26N2. The Bertz CT molecular complexity index is 468. The first-order chi connectivity index (χ1) is 9.06. The van der Waals surface area contributed by atoms with Gasteiger partial charge in [0.25, 0.3) is 0 Å². The zero-order valence-corrected chi connectivity index (χ0v) is 12.9. The Morgan fingerprint density at radius 3 is 2.32 bits per heavy atom. The van der Waals surface area contributed by atoms with Gasteiger partial charge in [-0.05, 0) is 45.2 Å². The van der Waals surface area contributed by atoms with Gasteiger partial charge in [-0.25, -0.2) is 0 Å². The van der Waals surface area contributed by atoms with E-state index in [1.807, 2.05) is 0 Å². The molecule has 1 unspecified atom stereocenters. The average molecular weight is 258 g/mol. The fraction of sp³-hybridized carbons (Fsp3) is 0.529. The molecule has 0 radical (unpaired) electrons. The van der Waals surface area contributed by atoms with Crippen LogP contribution >= 0.6 is 0 Å². The van der Waals surface area contributed by atoms with E-state index in [-0.39, 0.29) is 0 Å². The quantitative estimate of drug-likeness (QED) is 0.868. The Labute approximate surface area is 117 Å². The third kappa shape index (κ3) is 2.63. The second-order valence-electron chi connectivity index (χ2n) is 5.61. The molecule has 0 aliphatic carbocycles. The van der Waals surface area contributed by atoms with Gasteiger partial charge in [0.2, 0.25) is 0 Å². The maximum atomic E-state index is 3.67. The Hall–Kier alpha value is -1.44. The zero-order valence-electron chi connectivity index (χ0n) is 12.9. The van der Waals surface area contributed by atoms with Gasteiger partial charge in [0, 0.05) is 23.5 Å². The van der Waals surface area contributed by atoms with Crippen LogP contribution in [0.1, 0.15) is 56.5 Å². The summed E-state index contributed by atoms with van der Waals surface area (Å²) in [6, 6.07) is 6.57. The summed E-state index contributed by atoms with van der Waals surface area (Å²) in [5, 5.41) is 3.67. The molecule has 0 amide bonds. The van der Waals surface area contributed by atoms with Gasteiger partial charge in [-0.2, -0.15) is 0 Å². The van der Waals surface area contributed by atoms with Gasteiger partial charge in [-0.15, -0.1) is 0 Å². The zero-order chi connectivity index (χ0) is 14.0. The smallest absolute Gasteiger partial charge is 0.126 e. The molecule has 1 atom stereocenters. The number of aryl methyl sites for hydroxylation is 2. The van der Waals surface area contributed by atoms with Gasteiger partial charge >= 0.3 is 0 Å². The van der Waals surface area contributed by atoms with E-state index in [2.05, 4.69) is 63.0 Å². The van der Waals surface area contributed by atoms with Crippen LogP contribution in [0.5, 0.6) is 0 Å². The third-order valence-corrected chi connectivity index (χ3v) is 4.21. The number of hydrogen-bond donors (Lipinski definition) is 1. The number of allylic oxidation sites excluding steroid dienone is 2. The van der Waals surface area contributed by atoms with Crippen molar-refractivity contribution in [3.8, 4) is 0 Å². The Morgan fingerprint density at radius 2 is 1.74 bits per heavy atom. The second-order valence-corrected chi connectivity index (χ2v) is 5.61. The van der Waals surface area contributed by atoms with Gasteiger partial charge in [0.15, 0.2) is 0 Å². The summed E-state index contributed by atoms with van der Waals surface area (Å²) in [5.41, 5.74) is 6.89. The molecule has 0 fully saturated rings. The summed E-state index contributed by atoms with van der Waals surface area (Å²) in [4.78, 5) is 2.52. The van der Waals surface area contributed by atoms with Crippen molar-refractivity contribution in [3.05, 3.63) is 46.3 Å². The summed E-state index contributed by atoms with van der Waals surface area (Å²) in [5.74, 6) is 0. The standard InChI is InChI=1S/C17H26N2/c1-6-7-11-19-15(5)14(4)18-17(19)16-12(2)9-8-10-13(16)3/h8-10,17-18H,6-7,11H2,1-5H3. The number of unbranched alkanes of at least 4 members (excludes halogenated alkanes) is 1. The topological polar surface area (TPSA) is 15.3 Å². The molecule has 1 heterocycles. The highest BCUT2D eigenvalue weighted by Gasteiger charge is 2.29. The normalized spacial score (nSPS) is 19.0. The Kier molecular flexibility index (Phi) is 4.18. The Balaban J connectivity index is 2.34. The van der Waals surface area contributed by atoms with Crippen LogP contribution in [0.25, 0.3) is 0 Å². The molecule has 1 N–H and O–H groups in total. The summed E-state index contributed by atoms with van der Waals surface area (Å²) in [6.45, 7) is 12.2. The molecule has 19 heavy (non-hydrogen) atoms. The summed E-state index contributed by atoms with van der Waals surface area (Å²) < 4.78 is 0. The van der Waals surface area contributed by atoms with E-state index in [0.717, 1.165) is 6.54 Å². The molecule has 0 aromatic heterocycles. The molecule has 104 valence electrons. The van der Waals surface area contributed by atoms with Crippen LogP contribution in [0.3, 0.4) is 0 Å². The lowest BCUT2D eigenvalue weighted by atomic mass is 9.99. The minimum absolute atomic E-state index is 0.313. The van der Waals surface area contributed by atoms with E-state index >= 15 is 0 Å². The van der Waals surface area contributed by atoms with Crippen molar-refractivity contribution in [2.24, 2.45) is 0 Å². The lowest BCUT2D eigenvalue weighted by Crippen LogP contribution is -2.31. The molecule has 0 bridgehead atoms. The van der Waals surface area contributed by atoms with Crippen molar-refractivity contribution >= 4 is 0 Å². The van der Waals surface area contributed by atoms with E-state index < -0.39 is 0 Å². The van der Waals surface area contributed by atoms with Crippen LogP contribution < -0.4 is 5.32 Å². The van der Waals surface area contributed by atoms with Gasteiger partial charge in [-0.3, -0.25) is 0 Å². The average Bonchev–Trinajstić information content (AvgIpc) is 2.63. The minimum atomic E-state index is 0.313. The third-order valence-electron chi connectivity index (χ3n) is 4.21. The second kappa shape index (κ2) is 5.68. The summed E-state index contributed by atoms with van der Waals surface area (Å²) >= 11 is 0. The predicted octanol–water partition coefficient (Wildman–Crippen LogP) is 4.26. The van der Waals surface area contributed by atoms with Crippen LogP contribution in [0.2, 0.25) is 0 Å². The number of rotatable bonds is 4. The van der Waals surface area contributed by atoms with Crippen LogP contribution in [0, 0.1) is 13.8 Å². The fourth-order valence-corrected chi connectivity index (χ4v) is 2.91. The van der Waals surface area contributed by atoms with E-state index in [1.165, 1.54) is 40.9 Å². The highest BCUT2D eigenvalue weighted by molar-refractivity contribution is 5.38. The maximum Gasteiger partial charge on any atom is 0.126 e. The molecule has 2 heteroatoms. The maximum absolute atomic E-state index is 3.67. The molecule has 0 saturated carbocycles. The molecule has 1 aromatic rings. The first-order valence-corrected chi connectivity index (χ1v) is 7.33. The van der Waals surface area contributed by atoms with Crippen molar-refractivity contribution in [1.82, 2.24) is 10.2 Å². The van der Waals surface area contributed by atoms with Gasteiger partial charge < -0.3 is 10.2 Å². The fourth-order valence-electron chi connectivity index (χ4n) is 2.91. The molecule has 0 saturated heterocycles. The molecular weight excluding hydrogens is 232 g/mol. The van der Waals surface area contributed by atoms with E-state index in [1.54, 1.807) is 0 Å². The predicted molar refractivity (Wildman–Crippen MR) is 81.8 cm³/mol. The summed E-state index contributed by atoms with van der Waals surface area (Å²) in [7, 11) is 0. The first kappa shape index (κ1) is 14.0. The van der Waals surface area contributed by atoms with Crippen molar-refractivity contribution in [1.29, 1.82) is 0 Å².